The van der Waals surface area contributed by atoms with E-state index in [4.69, 9.17) is 4.74 Å². The number of morpholine rings is 1. The van der Waals surface area contributed by atoms with Crippen molar-refractivity contribution in [3.8, 4) is 16.9 Å². The lowest BCUT2D eigenvalue weighted by Crippen LogP contribution is -2.41. The Morgan fingerprint density at radius 1 is 1.11 bits per heavy atom. The van der Waals surface area contributed by atoms with Crippen molar-refractivity contribution >= 4 is 29.2 Å². The molecule has 0 bridgehead atoms. The number of aryl methyl sites for hydroxylation is 1. The fraction of sp³-hybridized carbons (Fsp3) is 0.259. The van der Waals surface area contributed by atoms with Crippen LogP contribution < -0.4 is 10.6 Å². The third kappa shape index (κ3) is 4.58. The number of para-hydroxylation sites is 2. The Balaban J connectivity index is 1.51. The molecule has 0 saturated carbocycles. The summed E-state index contributed by atoms with van der Waals surface area (Å²) in [5.41, 5.74) is 4.82. The largest absolute Gasteiger partial charge is 0.507 e. The highest BCUT2D eigenvalue weighted by Gasteiger charge is 2.27. The van der Waals surface area contributed by atoms with Gasteiger partial charge in [-0.15, -0.1) is 0 Å². The summed E-state index contributed by atoms with van der Waals surface area (Å²) in [6.45, 7) is 6.17. The molecule has 1 aromatic heterocycles. The van der Waals surface area contributed by atoms with Gasteiger partial charge in [-0.25, -0.2) is 0 Å². The summed E-state index contributed by atoms with van der Waals surface area (Å²) in [6.07, 6.45) is 1.75. The van der Waals surface area contributed by atoms with Crippen LogP contribution in [0.5, 0.6) is 5.75 Å². The van der Waals surface area contributed by atoms with E-state index in [0.717, 1.165) is 30.9 Å². The summed E-state index contributed by atoms with van der Waals surface area (Å²) in [7, 11) is 0. The minimum absolute atomic E-state index is 0.0600. The van der Waals surface area contributed by atoms with Gasteiger partial charge in [0.1, 0.15) is 5.75 Å². The van der Waals surface area contributed by atoms with Crippen LogP contribution in [-0.2, 0) is 9.53 Å². The van der Waals surface area contributed by atoms with Gasteiger partial charge in [0.05, 0.1) is 24.4 Å². The van der Waals surface area contributed by atoms with E-state index in [9.17, 15) is 14.7 Å². The highest BCUT2D eigenvalue weighted by atomic mass is 16.5. The zero-order chi connectivity index (χ0) is 24.4. The van der Waals surface area contributed by atoms with Crippen molar-refractivity contribution in [2.75, 3.05) is 44.7 Å². The normalized spacial score (nSPS) is 16.8. The molecule has 5 rings (SSSR count). The number of phenols is 1. The second-order valence-electron chi connectivity index (χ2n) is 8.70. The van der Waals surface area contributed by atoms with Crippen LogP contribution in [0, 0.1) is 6.92 Å². The van der Waals surface area contributed by atoms with Gasteiger partial charge in [-0.05, 0) is 25.1 Å². The molecule has 2 amide bonds. The molecule has 0 radical (unpaired) electrons. The molecular weight excluding hydrogens is 444 g/mol. The van der Waals surface area contributed by atoms with E-state index in [1.807, 2.05) is 37.3 Å². The highest BCUT2D eigenvalue weighted by Crippen LogP contribution is 2.39. The summed E-state index contributed by atoms with van der Waals surface area (Å²) < 4.78 is 5.38. The topological polar surface area (TPSA) is 107 Å². The predicted molar refractivity (Wildman–Crippen MR) is 135 cm³/mol. The van der Waals surface area contributed by atoms with E-state index < -0.39 is 0 Å². The monoisotopic (exact) mass is 472 g/mol. The Bertz CT molecular complexity index is 1300. The number of ether oxygens (including phenoxy) is 1. The first-order valence-electron chi connectivity index (χ1n) is 11.7. The molecule has 8 nitrogen and oxygen atoms in total. The molecular formula is C27H28N4O4. The minimum atomic E-state index is -0.230. The fourth-order valence-electron chi connectivity index (χ4n) is 4.67. The van der Waals surface area contributed by atoms with Gasteiger partial charge < -0.3 is 25.5 Å². The SMILES string of the molecule is Cc1[nH]c(/C=C2\C(=O)Nc3ccccc32)c(-c2ccccc2O)c1C(=O)NCCN1CCOCC1. The van der Waals surface area contributed by atoms with Crippen LogP contribution in [0.2, 0.25) is 0 Å². The van der Waals surface area contributed by atoms with Gasteiger partial charge in [0, 0.05) is 59.9 Å². The van der Waals surface area contributed by atoms with E-state index in [-0.39, 0.29) is 17.6 Å². The second-order valence-corrected chi connectivity index (χ2v) is 8.70. The van der Waals surface area contributed by atoms with Crippen molar-refractivity contribution in [1.82, 2.24) is 15.2 Å². The summed E-state index contributed by atoms with van der Waals surface area (Å²) >= 11 is 0. The average Bonchev–Trinajstić information content (AvgIpc) is 3.36. The first kappa shape index (κ1) is 22.9. The quantitative estimate of drug-likeness (QED) is 0.412. The van der Waals surface area contributed by atoms with Crippen LogP contribution in [-0.4, -0.2) is 66.2 Å². The Labute approximate surface area is 203 Å². The van der Waals surface area contributed by atoms with Crippen LogP contribution in [0.4, 0.5) is 5.69 Å². The lowest BCUT2D eigenvalue weighted by atomic mass is 9.96. The van der Waals surface area contributed by atoms with Gasteiger partial charge in [-0.3, -0.25) is 14.5 Å². The maximum atomic E-state index is 13.4. The number of anilines is 1. The fourth-order valence-corrected chi connectivity index (χ4v) is 4.67. The summed E-state index contributed by atoms with van der Waals surface area (Å²) in [6, 6.07) is 14.4. The number of fused-ring (bicyclic) bond motifs is 1. The molecule has 1 fully saturated rings. The number of carbonyl (C=O) groups is 2. The van der Waals surface area contributed by atoms with E-state index in [1.54, 1.807) is 24.3 Å². The predicted octanol–water partition coefficient (Wildman–Crippen LogP) is 3.25. The summed E-state index contributed by atoms with van der Waals surface area (Å²) in [5, 5.41) is 16.6. The number of phenolic OH excluding ortho intramolecular Hbond substituents is 1. The lowest BCUT2D eigenvalue weighted by Gasteiger charge is -2.26. The Kier molecular flexibility index (Phi) is 6.39. The van der Waals surface area contributed by atoms with E-state index in [0.29, 0.717) is 53.4 Å². The maximum absolute atomic E-state index is 13.4. The third-order valence-electron chi connectivity index (χ3n) is 6.43. The van der Waals surface area contributed by atoms with Crippen LogP contribution in [0.15, 0.2) is 48.5 Å². The second kappa shape index (κ2) is 9.77. The number of H-pyrrole nitrogens is 1. The number of carbonyl (C=O) groups excluding carboxylic acids is 2. The molecule has 3 heterocycles. The van der Waals surface area contributed by atoms with Crippen molar-refractivity contribution in [3.05, 3.63) is 71.0 Å². The minimum Gasteiger partial charge on any atom is -0.507 e. The third-order valence-corrected chi connectivity index (χ3v) is 6.43. The number of nitrogens with zero attached hydrogens (tertiary/aromatic N) is 1. The molecule has 8 heteroatoms. The molecule has 0 aliphatic carbocycles. The van der Waals surface area contributed by atoms with E-state index >= 15 is 0 Å². The number of rotatable bonds is 6. The lowest BCUT2D eigenvalue weighted by molar-refractivity contribution is -0.110. The average molecular weight is 473 g/mol. The smallest absolute Gasteiger partial charge is 0.256 e. The Hall–Kier alpha value is -3.88. The number of hydrogen-bond donors (Lipinski definition) is 4. The molecule has 0 spiro atoms. The van der Waals surface area contributed by atoms with Crippen molar-refractivity contribution < 1.29 is 19.4 Å². The van der Waals surface area contributed by atoms with Gasteiger partial charge in [-0.2, -0.15) is 0 Å². The number of amides is 2. The van der Waals surface area contributed by atoms with Crippen LogP contribution in [0.25, 0.3) is 22.8 Å². The van der Waals surface area contributed by atoms with E-state index in [2.05, 4.69) is 20.5 Å². The number of benzene rings is 2. The van der Waals surface area contributed by atoms with Crippen LogP contribution >= 0.6 is 0 Å². The van der Waals surface area contributed by atoms with Gasteiger partial charge in [-0.1, -0.05) is 36.4 Å². The zero-order valence-electron chi connectivity index (χ0n) is 19.6. The summed E-state index contributed by atoms with van der Waals surface area (Å²) in [5.74, 6) is -0.380. The van der Waals surface area contributed by atoms with Crippen LogP contribution in [0.3, 0.4) is 0 Å². The van der Waals surface area contributed by atoms with Gasteiger partial charge in [0.15, 0.2) is 0 Å². The number of aromatic nitrogens is 1. The molecule has 1 saturated heterocycles. The highest BCUT2D eigenvalue weighted by molar-refractivity contribution is 6.35. The number of hydrogen-bond acceptors (Lipinski definition) is 5. The van der Waals surface area contributed by atoms with Gasteiger partial charge >= 0.3 is 0 Å². The molecule has 2 aliphatic heterocycles. The zero-order valence-corrected chi connectivity index (χ0v) is 19.6. The number of aromatic amines is 1. The Morgan fingerprint density at radius 2 is 1.83 bits per heavy atom. The maximum Gasteiger partial charge on any atom is 0.256 e. The van der Waals surface area contributed by atoms with E-state index in [1.165, 1.54) is 0 Å². The van der Waals surface area contributed by atoms with Crippen molar-refractivity contribution in [2.24, 2.45) is 0 Å². The van der Waals surface area contributed by atoms with Gasteiger partial charge in [0.25, 0.3) is 11.8 Å². The van der Waals surface area contributed by atoms with Crippen molar-refractivity contribution in [1.29, 1.82) is 0 Å². The Morgan fingerprint density at radius 3 is 2.60 bits per heavy atom. The van der Waals surface area contributed by atoms with Gasteiger partial charge in [0.2, 0.25) is 0 Å². The number of aromatic hydroxyl groups is 1. The molecule has 4 N–H and O–H groups in total. The molecule has 35 heavy (non-hydrogen) atoms. The first-order valence-corrected chi connectivity index (χ1v) is 11.7. The molecule has 180 valence electrons. The molecule has 3 aromatic rings. The molecule has 2 aliphatic rings. The number of nitrogens with one attached hydrogen (secondary N) is 3. The molecule has 2 aromatic carbocycles. The molecule has 0 unspecified atom stereocenters. The first-order chi connectivity index (χ1) is 17.0. The van der Waals surface area contributed by atoms with Crippen molar-refractivity contribution in [2.45, 2.75) is 6.92 Å². The summed E-state index contributed by atoms with van der Waals surface area (Å²) in [4.78, 5) is 31.6. The standard InChI is InChI=1S/C27H28N4O4/c1-17-24(27(34)28-10-11-31-12-14-35-15-13-31)25(19-7-3-5-9-23(19)32)22(29-17)16-20-18-6-2-4-8-21(18)30-26(20)33/h2-9,16,29,32H,10-15H2,1H3,(H,28,34)(H,30,33)/b20-16-. The molecule has 0 atom stereocenters. The van der Waals surface area contributed by atoms with Crippen molar-refractivity contribution in [3.63, 3.8) is 0 Å². The van der Waals surface area contributed by atoms with Crippen LogP contribution in [0.1, 0.15) is 27.3 Å².